The van der Waals surface area contributed by atoms with Crippen LogP contribution in [0.2, 0.25) is 5.02 Å². The van der Waals surface area contributed by atoms with Crippen molar-refractivity contribution in [2.24, 2.45) is 0 Å². The van der Waals surface area contributed by atoms with Gasteiger partial charge in [0, 0.05) is 0 Å². The number of methoxy groups -OCH3 is 2. The zero-order valence-electron chi connectivity index (χ0n) is 19.7. The van der Waals surface area contributed by atoms with Crippen LogP contribution >= 0.6 is 23.4 Å². The Balaban J connectivity index is 1.50. The van der Waals surface area contributed by atoms with Crippen LogP contribution < -0.4 is 9.47 Å². The maximum absolute atomic E-state index is 12.9. The Morgan fingerprint density at radius 1 is 1.11 bits per heavy atom. The van der Waals surface area contributed by atoms with Gasteiger partial charge < -0.3 is 18.6 Å². The average Bonchev–Trinajstić information content (AvgIpc) is 3.44. The Labute approximate surface area is 216 Å². The number of carbonyl (C=O) groups is 3. The molecule has 3 aromatic rings. The summed E-state index contributed by atoms with van der Waals surface area (Å²) in [5.74, 6) is -0.0985. The van der Waals surface area contributed by atoms with Gasteiger partial charge in [0.25, 0.3) is 11.1 Å². The summed E-state index contributed by atoms with van der Waals surface area (Å²) in [4.78, 5) is 38.2. The number of aryl methyl sites for hydroxylation is 1. The number of halogens is 1. The Bertz CT molecular complexity index is 1350. The molecule has 0 unspecified atom stereocenters. The summed E-state index contributed by atoms with van der Waals surface area (Å²) in [5, 5.41) is -0.156. The molecule has 4 rings (SSSR count). The molecule has 0 N–H and O–H groups in total. The minimum Gasteiger partial charge on any atom is -0.493 e. The van der Waals surface area contributed by atoms with Gasteiger partial charge in [0.2, 0.25) is 5.76 Å². The number of thioether (sulfide) groups is 1. The van der Waals surface area contributed by atoms with Gasteiger partial charge in [-0.05, 0) is 60.2 Å². The largest absolute Gasteiger partial charge is 0.493 e. The van der Waals surface area contributed by atoms with E-state index in [1.165, 1.54) is 26.4 Å². The van der Waals surface area contributed by atoms with E-state index in [4.69, 9.17) is 25.5 Å². The van der Waals surface area contributed by atoms with Crippen LogP contribution in [-0.4, -0.2) is 36.2 Å². The van der Waals surface area contributed by atoms with E-state index in [9.17, 15) is 14.4 Å². The van der Waals surface area contributed by atoms with Crippen LogP contribution in [0.15, 0.2) is 57.9 Å². The SMILES string of the molecule is COC(=O)c1ccc(CN2C(=O)S/C(=C/c3cc(Cl)c(OCc4ccc(C)cc4)c(OC)c3)C2=O)o1. The summed E-state index contributed by atoms with van der Waals surface area (Å²) in [5.41, 5.74) is 2.70. The summed E-state index contributed by atoms with van der Waals surface area (Å²) >= 11 is 7.27. The molecular formula is C26H22ClNO7S. The first kappa shape index (κ1) is 25.4. The smallest absolute Gasteiger partial charge is 0.373 e. The number of carbonyl (C=O) groups excluding carboxylic acids is 3. The molecule has 0 saturated carbocycles. The Hall–Kier alpha value is -3.69. The monoisotopic (exact) mass is 527 g/mol. The van der Waals surface area contributed by atoms with E-state index < -0.39 is 17.1 Å². The van der Waals surface area contributed by atoms with Crippen molar-refractivity contribution in [3.63, 3.8) is 0 Å². The van der Waals surface area contributed by atoms with Crippen molar-refractivity contribution < 1.29 is 33.0 Å². The number of hydrogen-bond donors (Lipinski definition) is 0. The summed E-state index contributed by atoms with van der Waals surface area (Å²) in [7, 11) is 2.73. The highest BCUT2D eigenvalue weighted by atomic mass is 35.5. The number of esters is 1. The molecule has 8 nitrogen and oxygen atoms in total. The number of ether oxygens (including phenoxy) is 3. The van der Waals surface area contributed by atoms with Gasteiger partial charge in [-0.2, -0.15) is 0 Å². The fraction of sp³-hybridized carbons (Fsp3) is 0.192. The first-order chi connectivity index (χ1) is 17.3. The number of furan rings is 1. The van der Waals surface area contributed by atoms with Gasteiger partial charge in [-0.25, -0.2) is 4.79 Å². The summed E-state index contributed by atoms with van der Waals surface area (Å²) in [6.07, 6.45) is 1.56. The van der Waals surface area contributed by atoms with Gasteiger partial charge >= 0.3 is 5.97 Å². The lowest BCUT2D eigenvalue weighted by Crippen LogP contribution is -2.27. The third kappa shape index (κ3) is 5.58. The van der Waals surface area contributed by atoms with Gasteiger partial charge in [-0.1, -0.05) is 41.4 Å². The molecule has 1 aromatic heterocycles. The first-order valence-electron chi connectivity index (χ1n) is 10.8. The van der Waals surface area contributed by atoms with E-state index in [0.717, 1.165) is 27.8 Å². The highest BCUT2D eigenvalue weighted by Crippen LogP contribution is 2.39. The maximum Gasteiger partial charge on any atom is 0.373 e. The molecule has 10 heteroatoms. The van der Waals surface area contributed by atoms with Gasteiger partial charge in [0.1, 0.15) is 12.4 Å². The summed E-state index contributed by atoms with van der Waals surface area (Å²) in [6.45, 7) is 2.20. The molecule has 0 atom stereocenters. The van der Waals surface area contributed by atoms with Crippen molar-refractivity contribution in [1.29, 1.82) is 0 Å². The van der Waals surface area contributed by atoms with Crippen molar-refractivity contribution in [2.75, 3.05) is 14.2 Å². The minimum atomic E-state index is -0.646. The first-order valence-corrected chi connectivity index (χ1v) is 12.0. The van der Waals surface area contributed by atoms with Gasteiger partial charge in [0.15, 0.2) is 11.5 Å². The van der Waals surface area contributed by atoms with Crippen LogP contribution in [0.25, 0.3) is 6.08 Å². The molecule has 2 heterocycles. The number of rotatable bonds is 8. The second kappa shape index (κ2) is 10.9. The summed E-state index contributed by atoms with van der Waals surface area (Å²) < 4.78 is 21.3. The van der Waals surface area contributed by atoms with E-state index in [0.29, 0.717) is 28.7 Å². The van der Waals surface area contributed by atoms with Crippen LogP contribution in [0, 0.1) is 6.92 Å². The van der Waals surface area contributed by atoms with E-state index in [1.807, 2.05) is 31.2 Å². The second-order valence-electron chi connectivity index (χ2n) is 7.83. The zero-order chi connectivity index (χ0) is 25.8. The normalized spacial score (nSPS) is 14.4. The molecule has 36 heavy (non-hydrogen) atoms. The number of hydrogen-bond acceptors (Lipinski definition) is 8. The van der Waals surface area contributed by atoms with E-state index in [1.54, 1.807) is 18.2 Å². The predicted octanol–water partition coefficient (Wildman–Crippen LogP) is 5.85. The minimum absolute atomic E-state index is 0.0126. The van der Waals surface area contributed by atoms with Crippen LogP contribution in [0.3, 0.4) is 0 Å². The van der Waals surface area contributed by atoms with E-state index in [2.05, 4.69) is 4.74 Å². The fourth-order valence-electron chi connectivity index (χ4n) is 3.42. The lowest BCUT2D eigenvalue weighted by Gasteiger charge is -2.14. The Morgan fingerprint density at radius 3 is 2.56 bits per heavy atom. The van der Waals surface area contributed by atoms with Crippen LogP contribution in [0.4, 0.5) is 4.79 Å². The number of amides is 2. The Morgan fingerprint density at radius 2 is 1.86 bits per heavy atom. The lowest BCUT2D eigenvalue weighted by molar-refractivity contribution is -0.123. The molecule has 0 bridgehead atoms. The third-order valence-electron chi connectivity index (χ3n) is 5.29. The van der Waals surface area contributed by atoms with Crippen molar-refractivity contribution >= 4 is 46.6 Å². The lowest BCUT2D eigenvalue weighted by atomic mass is 10.1. The zero-order valence-corrected chi connectivity index (χ0v) is 21.3. The highest BCUT2D eigenvalue weighted by Gasteiger charge is 2.36. The van der Waals surface area contributed by atoms with Crippen LogP contribution in [-0.2, 0) is 22.7 Å². The molecule has 186 valence electrons. The molecule has 1 saturated heterocycles. The molecule has 0 radical (unpaired) electrons. The Kier molecular flexibility index (Phi) is 7.71. The standard InChI is InChI=1S/C26H22ClNO7S/c1-15-4-6-16(7-5-15)14-34-23-19(27)10-17(11-21(23)32-2)12-22-24(29)28(26(31)36-22)13-18-8-9-20(35-18)25(30)33-3/h4-12H,13-14H2,1-3H3/b22-12+. The van der Waals surface area contributed by atoms with Gasteiger partial charge in [-0.3, -0.25) is 14.5 Å². The number of nitrogens with zero attached hydrogens (tertiary/aromatic N) is 1. The van der Waals surface area contributed by atoms with Crippen LogP contribution in [0.1, 0.15) is 33.0 Å². The molecule has 2 aromatic carbocycles. The van der Waals surface area contributed by atoms with Gasteiger partial charge in [0.05, 0.1) is 30.7 Å². The molecule has 2 amide bonds. The van der Waals surface area contributed by atoms with Crippen molar-refractivity contribution in [3.05, 3.63) is 86.7 Å². The molecule has 1 fully saturated rings. The van der Waals surface area contributed by atoms with E-state index >= 15 is 0 Å². The van der Waals surface area contributed by atoms with Gasteiger partial charge in [-0.15, -0.1) is 0 Å². The molecule has 1 aliphatic heterocycles. The van der Waals surface area contributed by atoms with E-state index in [-0.39, 0.29) is 23.0 Å². The van der Waals surface area contributed by atoms with Crippen molar-refractivity contribution in [3.8, 4) is 11.5 Å². The highest BCUT2D eigenvalue weighted by molar-refractivity contribution is 8.18. The molecule has 0 aliphatic carbocycles. The van der Waals surface area contributed by atoms with Crippen molar-refractivity contribution in [2.45, 2.75) is 20.1 Å². The number of imide groups is 1. The quantitative estimate of drug-likeness (QED) is 0.266. The second-order valence-corrected chi connectivity index (χ2v) is 9.23. The van der Waals surface area contributed by atoms with Crippen molar-refractivity contribution in [1.82, 2.24) is 4.90 Å². The fourth-order valence-corrected chi connectivity index (χ4v) is 4.53. The van der Waals surface area contributed by atoms with Crippen LogP contribution in [0.5, 0.6) is 11.5 Å². The number of benzene rings is 2. The predicted molar refractivity (Wildman–Crippen MR) is 135 cm³/mol. The molecular weight excluding hydrogens is 506 g/mol. The maximum atomic E-state index is 12.9. The molecule has 1 aliphatic rings. The third-order valence-corrected chi connectivity index (χ3v) is 6.48. The molecule has 0 spiro atoms. The topological polar surface area (TPSA) is 95.3 Å². The average molecular weight is 528 g/mol. The summed E-state index contributed by atoms with van der Waals surface area (Å²) in [6, 6.07) is 14.2.